The van der Waals surface area contributed by atoms with Gasteiger partial charge in [0.1, 0.15) is 80.1 Å². The molecule has 8 atom stereocenters. The molecule has 512 valence electrons. The minimum absolute atomic E-state index is 0.0112. The molecule has 25 nitrogen and oxygen atoms in total. The first kappa shape index (κ1) is 69.1. The molecule has 2 saturated heterocycles. The fourth-order valence-electron chi connectivity index (χ4n) is 12.6. The summed E-state index contributed by atoms with van der Waals surface area (Å²) < 4.78 is 65.2. The number of benzene rings is 6. The number of hydrogen-bond donors (Lipinski definition) is 4. The molecule has 3 aromatic heterocycles. The van der Waals surface area contributed by atoms with Crippen LogP contribution in [0.3, 0.4) is 0 Å². The van der Waals surface area contributed by atoms with Gasteiger partial charge in [0.05, 0.1) is 45.7 Å². The van der Waals surface area contributed by atoms with Gasteiger partial charge in [0.2, 0.25) is 0 Å². The van der Waals surface area contributed by atoms with Crippen molar-refractivity contribution in [2.75, 3.05) is 46.0 Å². The Balaban J connectivity index is 0.763. The highest BCUT2D eigenvalue weighted by Crippen LogP contribution is 2.61. The molecule has 4 N–H and O–H groups in total. The first-order valence-corrected chi connectivity index (χ1v) is 33.9. The summed E-state index contributed by atoms with van der Waals surface area (Å²) in [5.41, 5.74) is 5.66. The number of carbonyl (C=O) groups is 3. The van der Waals surface area contributed by atoms with Crippen molar-refractivity contribution in [3.8, 4) is 28.7 Å². The van der Waals surface area contributed by atoms with E-state index >= 15 is 0 Å². The van der Waals surface area contributed by atoms with Gasteiger partial charge in [-0.3, -0.25) is 33.3 Å². The Hall–Kier alpha value is -9.84. The van der Waals surface area contributed by atoms with Crippen molar-refractivity contribution < 1.29 is 71.1 Å². The Morgan fingerprint density at radius 2 is 1.35 bits per heavy atom. The molecule has 4 unspecified atom stereocenters. The highest BCUT2D eigenvalue weighted by atomic mass is 31.2. The van der Waals surface area contributed by atoms with Gasteiger partial charge in [-0.05, 0) is 108 Å². The van der Waals surface area contributed by atoms with E-state index in [0.29, 0.717) is 40.2 Å². The Kier molecular flexibility index (Phi) is 21.6. The highest BCUT2D eigenvalue weighted by Gasteiger charge is 2.55. The number of anilines is 1. The molecule has 1 amide bonds. The second kappa shape index (κ2) is 30.9. The van der Waals surface area contributed by atoms with Gasteiger partial charge in [0, 0.05) is 48.9 Å². The molecule has 5 heterocycles. The number of ether oxygens (including phenoxy) is 7. The molecule has 26 heteroatoms. The van der Waals surface area contributed by atoms with Gasteiger partial charge in [-0.1, -0.05) is 115 Å². The number of aliphatic hydroxyl groups excluding tert-OH is 1. The number of carbonyl (C=O) groups excluding carboxylic acids is 3. The number of amides is 1. The number of H-pyrrole nitrogens is 1. The van der Waals surface area contributed by atoms with Crippen molar-refractivity contribution in [1.82, 2.24) is 29.1 Å². The number of aromatic nitrogens is 6. The summed E-state index contributed by atoms with van der Waals surface area (Å²) in [5.74, 6) is -0.273. The normalized spacial score (nSPS) is 19.0. The Bertz CT molecular complexity index is 4400. The molecule has 0 radical (unpaired) electrons. The van der Waals surface area contributed by atoms with Crippen LogP contribution in [0.1, 0.15) is 113 Å². The molecule has 3 aliphatic rings. The van der Waals surface area contributed by atoms with Crippen LogP contribution < -0.4 is 26.0 Å². The maximum Gasteiger partial charge on any atom is 0.573 e. The van der Waals surface area contributed by atoms with Crippen molar-refractivity contribution in [2.24, 2.45) is 0 Å². The monoisotopic (exact) mass is 1370 g/mol. The SMILES string of the molecule is COc1ccc(C(OC[C@H]2O[C@@H](n3cc(C)c(=O)[nH]c3=O)CC2O[P+](O)(OCCC#N)OC[C@H]2O[C@@H](n3cnc4c(NC(=O)c5ccc(CCC(=O)OCC6c7ccccc7-c7ccccc76)cc5)ncnc43)CC2OC(=O)CCC(C)O)(c2ccccc2)c2ccc(OC)cc2)cc1. The summed E-state index contributed by atoms with van der Waals surface area (Å²) in [4.78, 5) is 95.1. The smallest absolute Gasteiger partial charge is 0.497 e. The Labute approximate surface area is 569 Å². The second-order valence-corrected chi connectivity index (χ2v) is 25.9. The minimum Gasteiger partial charge on any atom is -0.497 e. The number of aliphatic hydroxyl groups is 1. The molecule has 2 fully saturated rings. The van der Waals surface area contributed by atoms with Crippen molar-refractivity contribution >= 4 is 43.0 Å². The van der Waals surface area contributed by atoms with Crippen molar-refractivity contribution in [2.45, 2.75) is 113 Å². The molecular formula is C73H74N8O17P+. The van der Waals surface area contributed by atoms with Crippen LogP contribution in [0.25, 0.3) is 22.3 Å². The first-order chi connectivity index (χ1) is 48.0. The van der Waals surface area contributed by atoms with Crippen LogP contribution in [0.5, 0.6) is 11.5 Å². The van der Waals surface area contributed by atoms with Crippen LogP contribution in [0.15, 0.2) is 180 Å². The largest absolute Gasteiger partial charge is 0.573 e. The van der Waals surface area contributed by atoms with Crippen LogP contribution in [0, 0.1) is 18.3 Å². The molecule has 9 aromatic rings. The number of esters is 2. The summed E-state index contributed by atoms with van der Waals surface area (Å²) in [6.45, 7) is 2.12. The zero-order valence-electron chi connectivity index (χ0n) is 54.7. The van der Waals surface area contributed by atoms with E-state index in [1.165, 1.54) is 30.3 Å². The number of nitrogens with one attached hydrogen (secondary N) is 2. The molecule has 1 aliphatic carbocycles. The van der Waals surface area contributed by atoms with Gasteiger partial charge >= 0.3 is 25.8 Å². The quantitative estimate of drug-likeness (QED) is 0.0147. The molecule has 99 heavy (non-hydrogen) atoms. The summed E-state index contributed by atoms with van der Waals surface area (Å²) in [6.07, 6.45) is -3.29. The van der Waals surface area contributed by atoms with Crippen LogP contribution in [-0.2, 0) is 58.9 Å². The number of nitrogens with zero attached hydrogens (tertiary/aromatic N) is 6. The average Bonchev–Trinajstić information content (AvgIpc) is 1.50. The minimum atomic E-state index is -4.64. The molecule has 0 saturated carbocycles. The molecule has 2 aliphatic heterocycles. The lowest BCUT2D eigenvalue weighted by Gasteiger charge is -2.37. The third-order valence-corrected chi connectivity index (χ3v) is 19.3. The maximum absolute atomic E-state index is 13.8. The van der Waals surface area contributed by atoms with E-state index in [9.17, 15) is 39.2 Å². The van der Waals surface area contributed by atoms with Crippen molar-refractivity contribution in [3.05, 3.63) is 236 Å². The van der Waals surface area contributed by atoms with E-state index < -0.39 is 86.5 Å². The van der Waals surface area contributed by atoms with E-state index in [2.05, 4.69) is 49.5 Å². The topological polar surface area (TPSA) is 318 Å². The van der Waals surface area contributed by atoms with Crippen molar-refractivity contribution in [1.29, 1.82) is 5.26 Å². The number of rotatable bonds is 29. The van der Waals surface area contributed by atoms with E-state index in [1.54, 1.807) is 50.0 Å². The standard InChI is InChI=1S/C73H73N8O17P/c1-45-39-80(72(87)79-70(45)85)63-38-60(61(95-63)41-92-73(49-13-6-5-7-14-49,50-25-29-52(89-3)30-26-50)51-27-31-53(90-4)32-28-51)98-99(88,93-36-12-35-74)94-42-62-59(97-66(84)33-19-46(2)82)37-64(96-62)81-44-77-67-68(75-43-76-69(67)81)78-71(86)48-23-20-47(21-24-48)22-34-65(83)91-40-58-56-17-10-8-15-54(56)55-16-9-11-18-57(55)58/h5-11,13-18,20-21,23-32,39,43-44,46,58-64,82,88H,12,19,22,33-34,36-38,40-42H2,1-4H3,(H-,75,76,78,79,85,86,87)/p+1/t46?,59?,60?,61-,62-,63-,64-,99?/m1/s1. The number of aromatic amines is 1. The molecule has 6 aromatic carbocycles. The van der Waals surface area contributed by atoms with Gasteiger partial charge in [0.15, 0.2) is 17.0 Å². The predicted molar refractivity (Wildman–Crippen MR) is 361 cm³/mol. The number of aryl methyl sites for hydroxylation is 2. The third-order valence-electron chi connectivity index (χ3n) is 17.8. The van der Waals surface area contributed by atoms with E-state index in [1.807, 2.05) is 109 Å². The molecule has 12 rings (SSSR count). The number of nitriles is 1. The first-order valence-electron chi connectivity index (χ1n) is 32.4. The zero-order chi connectivity index (χ0) is 69.2. The highest BCUT2D eigenvalue weighted by molar-refractivity contribution is 7.55. The lowest BCUT2D eigenvalue weighted by atomic mass is 9.80. The van der Waals surface area contributed by atoms with Gasteiger partial charge in [0.25, 0.3) is 11.5 Å². The van der Waals surface area contributed by atoms with Crippen LogP contribution in [0.4, 0.5) is 5.82 Å². The van der Waals surface area contributed by atoms with E-state index in [4.69, 9.17) is 46.7 Å². The number of methoxy groups -OCH3 is 2. The Morgan fingerprint density at radius 1 is 0.737 bits per heavy atom. The zero-order valence-corrected chi connectivity index (χ0v) is 55.6. The van der Waals surface area contributed by atoms with Crippen LogP contribution >= 0.6 is 8.17 Å². The van der Waals surface area contributed by atoms with Crippen molar-refractivity contribution in [3.63, 3.8) is 0 Å². The summed E-state index contributed by atoms with van der Waals surface area (Å²) in [6, 6.07) is 49.4. The lowest BCUT2D eigenvalue weighted by Crippen LogP contribution is -2.39. The molecule has 0 bridgehead atoms. The molecular weight excluding hydrogens is 1290 g/mol. The summed E-state index contributed by atoms with van der Waals surface area (Å²) in [5, 5.41) is 22.6. The lowest BCUT2D eigenvalue weighted by molar-refractivity contribution is -0.153. The number of hydrogen-bond acceptors (Lipinski definition) is 21. The summed E-state index contributed by atoms with van der Waals surface area (Å²) >= 11 is 0. The van der Waals surface area contributed by atoms with Gasteiger partial charge in [-0.25, -0.2) is 19.7 Å². The van der Waals surface area contributed by atoms with E-state index in [-0.39, 0.29) is 92.8 Å². The predicted octanol–water partition coefficient (Wildman–Crippen LogP) is 9.90. The van der Waals surface area contributed by atoms with Crippen LogP contribution in [0.2, 0.25) is 0 Å². The maximum atomic E-state index is 13.8. The second-order valence-electron chi connectivity index (χ2n) is 24.2. The summed E-state index contributed by atoms with van der Waals surface area (Å²) in [7, 11) is -1.51. The fourth-order valence-corrected chi connectivity index (χ4v) is 14.1. The number of imidazole rings is 1. The van der Waals surface area contributed by atoms with Gasteiger partial charge in [-0.15, -0.1) is 4.52 Å². The van der Waals surface area contributed by atoms with Gasteiger partial charge < -0.3 is 43.6 Å². The van der Waals surface area contributed by atoms with E-state index in [0.717, 1.165) is 27.8 Å². The molecule has 0 spiro atoms. The number of fused-ring (bicyclic) bond motifs is 4. The average molecular weight is 1370 g/mol. The fraction of sp³-hybridized carbons (Fsp3) is 0.329. The third kappa shape index (κ3) is 15.5. The Morgan fingerprint density at radius 3 is 2.00 bits per heavy atom. The van der Waals surface area contributed by atoms with Crippen LogP contribution in [-0.4, -0.2) is 128 Å². The van der Waals surface area contributed by atoms with Gasteiger partial charge in [-0.2, -0.15) is 19.2 Å².